The Bertz CT molecular complexity index is 439. The highest BCUT2D eigenvalue weighted by molar-refractivity contribution is 5.56. The minimum atomic E-state index is -0.548. The van der Waals surface area contributed by atoms with Crippen molar-refractivity contribution in [3.8, 4) is 11.5 Å². The molecule has 4 heteroatoms. The Kier molecular flexibility index (Phi) is 2.82. The molecule has 4 nitrogen and oxygen atoms in total. The predicted molar refractivity (Wildman–Crippen MR) is 71.3 cm³/mol. The van der Waals surface area contributed by atoms with Crippen LogP contribution >= 0.6 is 0 Å². The largest absolute Gasteiger partial charge is 0.449 e. The normalized spacial score (nSPS) is 24.2. The number of ether oxygens (including phenoxy) is 2. The first-order valence-corrected chi connectivity index (χ1v) is 6.62. The molecular weight excluding hydrogens is 228 g/mol. The second kappa shape index (κ2) is 4.35. The van der Waals surface area contributed by atoms with Gasteiger partial charge in [0, 0.05) is 38.2 Å². The van der Waals surface area contributed by atoms with Gasteiger partial charge in [-0.15, -0.1) is 0 Å². The monoisotopic (exact) mass is 248 g/mol. The Morgan fingerprint density at radius 2 is 2.17 bits per heavy atom. The van der Waals surface area contributed by atoms with Crippen molar-refractivity contribution in [2.45, 2.75) is 38.5 Å². The van der Waals surface area contributed by atoms with Crippen LogP contribution in [0.5, 0.6) is 11.5 Å². The molecule has 18 heavy (non-hydrogen) atoms. The van der Waals surface area contributed by atoms with Crippen molar-refractivity contribution < 1.29 is 9.47 Å². The summed E-state index contributed by atoms with van der Waals surface area (Å²) in [6.07, 6.45) is 2.53. The molecule has 98 valence electrons. The number of fused-ring (bicyclic) bond motifs is 1. The van der Waals surface area contributed by atoms with E-state index in [-0.39, 0.29) is 0 Å². The molecule has 2 N–H and O–H groups in total. The van der Waals surface area contributed by atoms with E-state index in [2.05, 4.69) is 10.6 Å². The van der Waals surface area contributed by atoms with E-state index in [1.807, 2.05) is 32.0 Å². The Labute approximate surface area is 108 Å². The number of benzene rings is 1. The molecule has 1 aromatic rings. The van der Waals surface area contributed by atoms with Crippen LogP contribution < -0.4 is 20.1 Å². The van der Waals surface area contributed by atoms with Crippen LogP contribution in [-0.2, 0) is 0 Å². The van der Waals surface area contributed by atoms with E-state index in [1.54, 1.807) is 0 Å². The molecule has 0 bridgehead atoms. The Balaban J connectivity index is 1.64. The third-order valence-electron chi connectivity index (χ3n) is 3.37. The van der Waals surface area contributed by atoms with Gasteiger partial charge < -0.3 is 20.1 Å². The van der Waals surface area contributed by atoms with Crippen LogP contribution in [0, 0.1) is 0 Å². The van der Waals surface area contributed by atoms with E-state index < -0.39 is 5.79 Å². The summed E-state index contributed by atoms with van der Waals surface area (Å²) in [7, 11) is 0. The Morgan fingerprint density at radius 1 is 1.33 bits per heavy atom. The summed E-state index contributed by atoms with van der Waals surface area (Å²) in [5.41, 5.74) is 1.09. The maximum absolute atomic E-state index is 5.73. The van der Waals surface area contributed by atoms with Crippen LogP contribution in [-0.4, -0.2) is 24.9 Å². The molecule has 1 saturated heterocycles. The molecular formula is C14H20N2O2. The fourth-order valence-corrected chi connectivity index (χ4v) is 2.50. The summed E-state index contributed by atoms with van der Waals surface area (Å²) in [6, 6.07) is 6.61. The van der Waals surface area contributed by atoms with E-state index in [1.165, 1.54) is 12.8 Å². The van der Waals surface area contributed by atoms with Crippen LogP contribution in [0.3, 0.4) is 0 Å². The van der Waals surface area contributed by atoms with Gasteiger partial charge in [0.05, 0.1) is 0 Å². The zero-order valence-electron chi connectivity index (χ0n) is 11.0. The predicted octanol–water partition coefficient (Wildman–Crippen LogP) is 2.36. The number of rotatable bonds is 3. The highest BCUT2D eigenvalue weighted by atomic mass is 16.7. The molecule has 1 unspecified atom stereocenters. The summed E-state index contributed by atoms with van der Waals surface area (Å²) in [4.78, 5) is 0. The average molecular weight is 248 g/mol. The molecule has 0 spiro atoms. The van der Waals surface area contributed by atoms with Crippen LogP contribution in [0.1, 0.15) is 26.7 Å². The zero-order chi connectivity index (χ0) is 12.6. The summed E-state index contributed by atoms with van der Waals surface area (Å²) >= 11 is 0. The van der Waals surface area contributed by atoms with Gasteiger partial charge in [0.25, 0.3) is 0 Å². The van der Waals surface area contributed by atoms with Crippen LogP contribution in [0.25, 0.3) is 0 Å². The molecule has 0 saturated carbocycles. The summed E-state index contributed by atoms with van der Waals surface area (Å²) in [5, 5.41) is 6.92. The van der Waals surface area contributed by atoms with Gasteiger partial charge >= 0.3 is 0 Å². The summed E-state index contributed by atoms with van der Waals surface area (Å²) in [6.45, 7) is 5.94. The maximum Gasteiger partial charge on any atom is 0.246 e. The number of hydrogen-bond acceptors (Lipinski definition) is 4. The molecule has 0 aliphatic carbocycles. The number of hydrogen-bond donors (Lipinski definition) is 2. The Morgan fingerprint density at radius 3 is 2.94 bits per heavy atom. The molecule has 2 heterocycles. The van der Waals surface area contributed by atoms with Gasteiger partial charge in [-0.2, -0.15) is 0 Å². The fraction of sp³-hybridized carbons (Fsp3) is 0.571. The SMILES string of the molecule is CC1(C)Oc2ccc(NCC3CCCN3)cc2O1. The van der Waals surface area contributed by atoms with E-state index >= 15 is 0 Å². The molecule has 0 radical (unpaired) electrons. The lowest BCUT2D eigenvalue weighted by Gasteiger charge is -2.16. The van der Waals surface area contributed by atoms with E-state index in [0.29, 0.717) is 6.04 Å². The molecule has 0 amide bonds. The van der Waals surface area contributed by atoms with Crippen LogP contribution in [0.4, 0.5) is 5.69 Å². The van der Waals surface area contributed by atoms with Crippen molar-refractivity contribution >= 4 is 5.69 Å². The molecule has 2 aliphatic rings. The minimum absolute atomic E-state index is 0.548. The number of nitrogens with one attached hydrogen (secondary N) is 2. The second-order valence-corrected chi connectivity index (χ2v) is 5.44. The molecule has 2 aliphatic heterocycles. The van der Waals surface area contributed by atoms with Crippen molar-refractivity contribution in [2.75, 3.05) is 18.4 Å². The zero-order valence-corrected chi connectivity index (χ0v) is 11.0. The maximum atomic E-state index is 5.73. The van der Waals surface area contributed by atoms with Crippen molar-refractivity contribution in [2.24, 2.45) is 0 Å². The molecule has 1 aromatic carbocycles. The molecule has 3 rings (SSSR count). The topological polar surface area (TPSA) is 42.5 Å². The van der Waals surface area contributed by atoms with Crippen molar-refractivity contribution in [3.63, 3.8) is 0 Å². The third kappa shape index (κ3) is 2.38. The first-order chi connectivity index (χ1) is 8.62. The van der Waals surface area contributed by atoms with Gasteiger partial charge in [-0.1, -0.05) is 0 Å². The Hall–Kier alpha value is -1.42. The second-order valence-electron chi connectivity index (χ2n) is 5.44. The molecule has 0 aromatic heterocycles. The van der Waals surface area contributed by atoms with E-state index in [9.17, 15) is 0 Å². The smallest absolute Gasteiger partial charge is 0.246 e. The fourth-order valence-electron chi connectivity index (χ4n) is 2.50. The highest BCUT2D eigenvalue weighted by Gasteiger charge is 2.31. The quantitative estimate of drug-likeness (QED) is 0.861. The first kappa shape index (κ1) is 11.7. The molecule has 1 fully saturated rings. The number of anilines is 1. The minimum Gasteiger partial charge on any atom is -0.449 e. The third-order valence-corrected chi connectivity index (χ3v) is 3.37. The van der Waals surface area contributed by atoms with Gasteiger partial charge in [-0.3, -0.25) is 0 Å². The van der Waals surface area contributed by atoms with Crippen molar-refractivity contribution in [3.05, 3.63) is 18.2 Å². The van der Waals surface area contributed by atoms with Gasteiger partial charge in [-0.05, 0) is 31.5 Å². The summed E-state index contributed by atoms with van der Waals surface area (Å²) < 4.78 is 11.4. The van der Waals surface area contributed by atoms with Gasteiger partial charge in [0.15, 0.2) is 11.5 Å². The van der Waals surface area contributed by atoms with E-state index in [4.69, 9.17) is 9.47 Å². The molecule has 1 atom stereocenters. The van der Waals surface area contributed by atoms with Gasteiger partial charge in [0.1, 0.15) is 0 Å². The van der Waals surface area contributed by atoms with Gasteiger partial charge in [-0.25, -0.2) is 0 Å². The van der Waals surface area contributed by atoms with Crippen LogP contribution in [0.15, 0.2) is 18.2 Å². The summed E-state index contributed by atoms with van der Waals surface area (Å²) in [5.74, 6) is 1.10. The van der Waals surface area contributed by atoms with E-state index in [0.717, 1.165) is 30.3 Å². The van der Waals surface area contributed by atoms with Crippen molar-refractivity contribution in [1.82, 2.24) is 5.32 Å². The lowest BCUT2D eigenvalue weighted by Crippen LogP contribution is -2.29. The first-order valence-electron chi connectivity index (χ1n) is 6.62. The van der Waals surface area contributed by atoms with Crippen LogP contribution in [0.2, 0.25) is 0 Å². The highest BCUT2D eigenvalue weighted by Crippen LogP contribution is 2.40. The average Bonchev–Trinajstić information content (AvgIpc) is 2.90. The lowest BCUT2D eigenvalue weighted by atomic mass is 10.2. The van der Waals surface area contributed by atoms with Gasteiger partial charge in [0.2, 0.25) is 5.79 Å². The van der Waals surface area contributed by atoms with Crippen molar-refractivity contribution in [1.29, 1.82) is 0 Å². The lowest BCUT2D eigenvalue weighted by molar-refractivity contribution is -0.0431. The standard InChI is InChI=1S/C14H20N2O2/c1-14(2)17-12-6-5-10(8-13(12)18-14)16-9-11-4-3-7-15-11/h5-6,8,11,15-16H,3-4,7,9H2,1-2H3.